The van der Waals surface area contributed by atoms with Gasteiger partial charge < -0.3 is 9.84 Å². The van der Waals surface area contributed by atoms with Crippen molar-refractivity contribution in [3.05, 3.63) is 29.2 Å². The minimum absolute atomic E-state index is 0.0522. The van der Waals surface area contributed by atoms with Crippen LogP contribution >= 0.6 is 11.8 Å². The Morgan fingerprint density at radius 2 is 2.37 bits per heavy atom. The van der Waals surface area contributed by atoms with Gasteiger partial charge in [0.1, 0.15) is 28.2 Å². The number of aliphatic hydroxyl groups is 1. The molecule has 0 amide bonds. The van der Waals surface area contributed by atoms with Gasteiger partial charge in [0.2, 0.25) is 0 Å². The minimum atomic E-state index is -0.228. The Hall–Kier alpha value is -2.00. The maximum Gasteiger partial charge on any atom is 0.155 e. The van der Waals surface area contributed by atoms with Gasteiger partial charge in [-0.2, -0.15) is 5.26 Å². The molecule has 1 N–H and O–H groups in total. The normalized spacial score (nSPS) is 10.9. The molecular weight excluding hydrogens is 264 g/mol. The summed E-state index contributed by atoms with van der Waals surface area (Å²) in [5, 5.41) is 19.1. The third-order valence-electron chi connectivity index (χ3n) is 2.14. The summed E-state index contributed by atoms with van der Waals surface area (Å²) in [7, 11) is 1.48. The number of hydrogen-bond donors (Lipinski definition) is 1. The number of aliphatic hydroxyl groups excluding tert-OH is 1. The zero-order valence-corrected chi connectivity index (χ0v) is 11.7. The second-order valence-corrected chi connectivity index (χ2v) is 4.76. The van der Waals surface area contributed by atoms with Crippen LogP contribution < -0.4 is 4.74 Å². The van der Waals surface area contributed by atoms with Gasteiger partial charge in [-0.25, -0.2) is 4.98 Å². The van der Waals surface area contributed by atoms with E-state index in [1.165, 1.54) is 25.8 Å². The van der Waals surface area contributed by atoms with E-state index in [2.05, 4.69) is 4.98 Å². The second kappa shape index (κ2) is 6.81. The molecule has 0 fully saturated rings. The molecule has 0 unspecified atom stereocenters. The molecule has 0 bridgehead atoms. The Labute approximate surface area is 115 Å². The molecule has 100 valence electrons. The number of thioether (sulfide) groups is 1. The molecule has 5 nitrogen and oxygen atoms in total. The van der Waals surface area contributed by atoms with Gasteiger partial charge in [0, 0.05) is 17.8 Å². The molecule has 0 saturated carbocycles. The number of ketones is 1. The van der Waals surface area contributed by atoms with Gasteiger partial charge in [-0.05, 0) is 13.8 Å². The highest BCUT2D eigenvalue weighted by atomic mass is 32.2. The van der Waals surface area contributed by atoms with Crippen molar-refractivity contribution in [3.63, 3.8) is 0 Å². The average Bonchev–Trinajstić information content (AvgIpc) is 2.34. The van der Waals surface area contributed by atoms with E-state index in [1.807, 2.05) is 6.07 Å². The lowest BCUT2D eigenvalue weighted by atomic mass is 10.2. The summed E-state index contributed by atoms with van der Waals surface area (Å²) in [6, 6.07) is 3.70. The maximum atomic E-state index is 10.8. The summed E-state index contributed by atoms with van der Waals surface area (Å²) in [6.07, 6.45) is 1.14. The van der Waals surface area contributed by atoms with Gasteiger partial charge in [0.15, 0.2) is 5.78 Å². The van der Waals surface area contributed by atoms with Gasteiger partial charge in [0.25, 0.3) is 0 Å². The third kappa shape index (κ3) is 4.30. The molecule has 1 heterocycles. The summed E-state index contributed by atoms with van der Waals surface area (Å²) in [6.45, 7) is 3.15. The van der Waals surface area contributed by atoms with Gasteiger partial charge in [-0.3, -0.25) is 4.79 Å². The van der Waals surface area contributed by atoms with Crippen LogP contribution in [0.3, 0.4) is 0 Å². The zero-order valence-electron chi connectivity index (χ0n) is 10.9. The number of pyridine rings is 1. The fraction of sp³-hybridized carbons (Fsp3) is 0.308. The first-order valence-electron chi connectivity index (χ1n) is 5.46. The Kier molecular flexibility index (Phi) is 5.39. The summed E-state index contributed by atoms with van der Waals surface area (Å²) in [5.41, 5.74) is 1.04. The van der Waals surface area contributed by atoms with Crippen LogP contribution in [0.15, 0.2) is 22.9 Å². The molecule has 0 aliphatic heterocycles. The van der Waals surface area contributed by atoms with Crippen LogP contribution in [0.2, 0.25) is 0 Å². The van der Waals surface area contributed by atoms with Crippen molar-refractivity contribution in [2.24, 2.45) is 0 Å². The van der Waals surface area contributed by atoms with E-state index >= 15 is 0 Å². The van der Waals surface area contributed by atoms with E-state index in [0.717, 1.165) is 6.08 Å². The number of ether oxygens (including phenoxy) is 1. The zero-order chi connectivity index (χ0) is 14.4. The molecule has 0 atom stereocenters. The molecule has 1 rings (SSSR count). The third-order valence-corrected chi connectivity index (χ3v) is 3.15. The SMILES string of the molecule is COc1cc(C)nc(SC/C(O)=C/C(C)=O)c1C#N. The number of carbonyl (C=O) groups excluding carboxylic acids is 1. The number of aromatic nitrogens is 1. The van der Waals surface area contributed by atoms with Crippen LogP contribution in [0.5, 0.6) is 5.75 Å². The lowest BCUT2D eigenvalue weighted by Crippen LogP contribution is -1.98. The van der Waals surface area contributed by atoms with Crippen LogP contribution in [0.25, 0.3) is 0 Å². The molecule has 1 aromatic heterocycles. The Morgan fingerprint density at radius 3 is 2.89 bits per heavy atom. The first-order valence-corrected chi connectivity index (χ1v) is 6.45. The molecule has 0 spiro atoms. The van der Waals surface area contributed by atoms with Crippen molar-refractivity contribution in [2.45, 2.75) is 18.9 Å². The first-order chi connectivity index (χ1) is 8.97. The fourth-order valence-electron chi connectivity index (χ4n) is 1.40. The molecule has 0 aliphatic carbocycles. The van der Waals surface area contributed by atoms with Crippen LogP contribution in [0, 0.1) is 18.3 Å². The van der Waals surface area contributed by atoms with Crippen molar-refractivity contribution in [1.29, 1.82) is 5.26 Å². The van der Waals surface area contributed by atoms with Gasteiger partial charge in [0.05, 0.1) is 12.9 Å². The van der Waals surface area contributed by atoms with E-state index in [0.29, 0.717) is 22.0 Å². The monoisotopic (exact) mass is 278 g/mol. The summed E-state index contributed by atoms with van der Waals surface area (Å²) >= 11 is 1.18. The number of hydrogen-bond acceptors (Lipinski definition) is 6. The Bertz CT molecular complexity index is 562. The number of rotatable bonds is 5. The quantitative estimate of drug-likeness (QED) is 0.506. The van der Waals surface area contributed by atoms with Crippen molar-refractivity contribution in [3.8, 4) is 11.8 Å². The van der Waals surface area contributed by atoms with Crippen LogP contribution in [-0.4, -0.2) is 28.7 Å². The largest absolute Gasteiger partial charge is 0.511 e. The van der Waals surface area contributed by atoms with Gasteiger partial charge in [-0.1, -0.05) is 11.8 Å². The maximum absolute atomic E-state index is 10.8. The van der Waals surface area contributed by atoms with Crippen LogP contribution in [-0.2, 0) is 4.79 Å². The molecule has 0 radical (unpaired) electrons. The number of allylic oxidation sites excluding steroid dienone is 1. The molecule has 1 aromatic rings. The molecule has 0 saturated heterocycles. The Morgan fingerprint density at radius 1 is 1.68 bits per heavy atom. The highest BCUT2D eigenvalue weighted by Crippen LogP contribution is 2.29. The fourth-order valence-corrected chi connectivity index (χ4v) is 2.27. The molecule has 19 heavy (non-hydrogen) atoms. The lowest BCUT2D eigenvalue weighted by Gasteiger charge is -2.08. The number of nitriles is 1. The standard InChI is InChI=1S/C13H14N2O3S/c1-8-4-12(18-3)11(6-14)13(15-8)19-7-10(17)5-9(2)16/h4-5,17H,7H2,1-3H3/b10-5-. The first kappa shape index (κ1) is 15.1. The molecule has 6 heteroatoms. The predicted molar refractivity (Wildman–Crippen MR) is 72.4 cm³/mol. The van der Waals surface area contributed by atoms with Gasteiger partial charge >= 0.3 is 0 Å². The molecule has 0 aromatic carbocycles. The van der Waals surface area contributed by atoms with Gasteiger partial charge in [-0.15, -0.1) is 0 Å². The molecular formula is C13H14N2O3S. The number of methoxy groups -OCH3 is 1. The van der Waals surface area contributed by atoms with Crippen LogP contribution in [0.1, 0.15) is 18.2 Å². The van der Waals surface area contributed by atoms with E-state index in [4.69, 9.17) is 10.00 Å². The summed E-state index contributed by atoms with van der Waals surface area (Å²) in [5.74, 6) is 0.345. The number of aryl methyl sites for hydroxylation is 1. The van der Waals surface area contributed by atoms with E-state index in [9.17, 15) is 9.90 Å². The number of nitrogens with zero attached hydrogens (tertiary/aromatic N) is 2. The van der Waals surface area contributed by atoms with Crippen molar-refractivity contribution in [2.75, 3.05) is 12.9 Å². The number of carbonyl (C=O) groups is 1. The van der Waals surface area contributed by atoms with E-state index in [1.54, 1.807) is 13.0 Å². The van der Waals surface area contributed by atoms with Crippen LogP contribution in [0.4, 0.5) is 0 Å². The van der Waals surface area contributed by atoms with E-state index in [-0.39, 0.29) is 17.3 Å². The van der Waals surface area contributed by atoms with Crippen molar-refractivity contribution < 1.29 is 14.6 Å². The molecule has 0 aliphatic rings. The van der Waals surface area contributed by atoms with Crippen molar-refractivity contribution in [1.82, 2.24) is 4.98 Å². The highest BCUT2D eigenvalue weighted by molar-refractivity contribution is 7.99. The minimum Gasteiger partial charge on any atom is -0.511 e. The topological polar surface area (TPSA) is 83.2 Å². The predicted octanol–water partition coefficient (Wildman–Crippen LogP) is 2.39. The van der Waals surface area contributed by atoms with E-state index < -0.39 is 0 Å². The van der Waals surface area contributed by atoms with Crippen molar-refractivity contribution >= 4 is 17.5 Å². The lowest BCUT2D eigenvalue weighted by molar-refractivity contribution is -0.112. The summed E-state index contributed by atoms with van der Waals surface area (Å²) < 4.78 is 5.12. The highest BCUT2D eigenvalue weighted by Gasteiger charge is 2.13. The summed E-state index contributed by atoms with van der Waals surface area (Å²) in [4.78, 5) is 15.1. The average molecular weight is 278 g/mol. The smallest absolute Gasteiger partial charge is 0.155 e. The second-order valence-electron chi connectivity index (χ2n) is 3.79. The Balaban J connectivity index is 2.99.